The van der Waals surface area contributed by atoms with Crippen molar-refractivity contribution in [3.05, 3.63) is 36.4 Å². The lowest BCUT2D eigenvalue weighted by molar-refractivity contribution is 0.425. The number of rotatable bonds is 2. The first-order valence-corrected chi connectivity index (χ1v) is 2.44. The van der Waals surface area contributed by atoms with Gasteiger partial charge < -0.3 is 5.11 Å². The van der Waals surface area contributed by atoms with Gasteiger partial charge in [-0.2, -0.15) is 5.26 Å². The summed E-state index contributed by atoms with van der Waals surface area (Å²) in [5, 5.41) is 16.7. The summed E-state index contributed by atoms with van der Waals surface area (Å²) in [4.78, 5) is 0. The quantitative estimate of drug-likeness (QED) is 0.361. The summed E-state index contributed by atoms with van der Waals surface area (Å²) in [5.41, 5.74) is -0.477. The van der Waals surface area contributed by atoms with E-state index in [0.717, 1.165) is 6.08 Å². The molecule has 52 valence electrons. The van der Waals surface area contributed by atoms with Crippen LogP contribution in [0.25, 0.3) is 0 Å². The molecule has 1 N–H and O–H groups in total. The van der Waals surface area contributed by atoms with Crippen LogP contribution in [-0.4, -0.2) is 5.11 Å². The molecule has 0 unspecified atom stereocenters. The van der Waals surface area contributed by atoms with Gasteiger partial charge in [0.25, 0.3) is 0 Å². The summed E-state index contributed by atoms with van der Waals surface area (Å²) in [6.45, 7) is 6.06. The molecule has 0 aromatic heterocycles. The highest BCUT2D eigenvalue weighted by atomic mass is 19.1. The van der Waals surface area contributed by atoms with Crippen LogP contribution in [0.15, 0.2) is 36.4 Å². The van der Waals surface area contributed by atoms with E-state index < -0.39 is 17.2 Å². The zero-order valence-electron chi connectivity index (χ0n) is 5.26. The van der Waals surface area contributed by atoms with E-state index in [1.54, 1.807) is 0 Å². The molecule has 0 atom stereocenters. The highest BCUT2D eigenvalue weighted by molar-refractivity contribution is 5.41. The van der Waals surface area contributed by atoms with Crippen molar-refractivity contribution in [1.82, 2.24) is 0 Å². The molecule has 0 fully saturated rings. The highest BCUT2D eigenvalue weighted by Gasteiger charge is 2.04. The van der Waals surface area contributed by atoms with E-state index >= 15 is 0 Å². The number of aliphatic hydroxyl groups excluding tert-OH is 1. The molecule has 0 saturated heterocycles. The molecule has 2 nitrogen and oxygen atoms in total. The monoisotopic (exact) mass is 139 g/mol. The molecule has 0 bridgehead atoms. The van der Waals surface area contributed by atoms with Crippen LogP contribution in [-0.2, 0) is 0 Å². The second-order valence-electron chi connectivity index (χ2n) is 1.49. The number of nitrogens with zero attached hydrogens (tertiary/aromatic N) is 1. The molecule has 0 saturated carbocycles. The molecule has 0 spiro atoms. The van der Waals surface area contributed by atoms with Gasteiger partial charge in [0.15, 0.2) is 0 Å². The Bertz CT molecular complexity index is 234. The summed E-state index contributed by atoms with van der Waals surface area (Å²) in [6, 6.07) is 1.44. The van der Waals surface area contributed by atoms with Crippen molar-refractivity contribution in [2.75, 3.05) is 0 Å². The maximum atomic E-state index is 12.4. The Morgan fingerprint density at radius 3 is 2.30 bits per heavy atom. The Hall–Kier alpha value is -1.56. The van der Waals surface area contributed by atoms with E-state index in [2.05, 4.69) is 13.2 Å². The maximum Gasteiger partial charge on any atom is 0.144 e. The number of hydrogen-bond donors (Lipinski definition) is 1. The minimum absolute atomic E-state index is 0.477. The van der Waals surface area contributed by atoms with Crippen LogP contribution >= 0.6 is 0 Å². The molecule has 0 amide bonds. The zero-order valence-corrected chi connectivity index (χ0v) is 5.26. The Morgan fingerprint density at radius 1 is 1.70 bits per heavy atom. The second-order valence-corrected chi connectivity index (χ2v) is 1.49. The summed E-state index contributed by atoms with van der Waals surface area (Å²) in [6.07, 6.45) is 0.833. The maximum absolute atomic E-state index is 12.4. The fraction of sp³-hybridized carbons (Fsp3) is 0. The van der Waals surface area contributed by atoms with Crippen LogP contribution in [0.5, 0.6) is 0 Å². The number of aliphatic hydroxyl groups is 1. The van der Waals surface area contributed by atoms with Gasteiger partial charge in [-0.3, -0.25) is 0 Å². The van der Waals surface area contributed by atoms with Crippen molar-refractivity contribution in [3.63, 3.8) is 0 Å². The average molecular weight is 139 g/mol. The predicted molar refractivity (Wildman–Crippen MR) is 35.7 cm³/mol. The fourth-order valence-corrected chi connectivity index (χ4v) is 0.358. The molecule has 0 aliphatic heterocycles. The van der Waals surface area contributed by atoms with Crippen molar-refractivity contribution >= 4 is 0 Å². The minimum Gasteiger partial charge on any atom is -0.507 e. The number of halogens is 1. The van der Waals surface area contributed by atoms with Crippen LogP contribution in [0, 0.1) is 11.3 Å². The molecule has 3 heteroatoms. The van der Waals surface area contributed by atoms with Crippen LogP contribution in [0.4, 0.5) is 4.39 Å². The first kappa shape index (κ1) is 8.44. The van der Waals surface area contributed by atoms with Crippen molar-refractivity contribution in [3.8, 4) is 6.07 Å². The van der Waals surface area contributed by atoms with Gasteiger partial charge in [0.2, 0.25) is 0 Å². The fourth-order valence-electron chi connectivity index (χ4n) is 0.358. The van der Waals surface area contributed by atoms with Gasteiger partial charge in [-0.1, -0.05) is 13.2 Å². The van der Waals surface area contributed by atoms with E-state index in [0.29, 0.717) is 0 Å². The normalized spacial score (nSPS) is 11.2. The van der Waals surface area contributed by atoms with Gasteiger partial charge >= 0.3 is 0 Å². The lowest BCUT2D eigenvalue weighted by Gasteiger charge is -1.92. The third-order valence-corrected chi connectivity index (χ3v) is 0.818. The largest absolute Gasteiger partial charge is 0.507 e. The Morgan fingerprint density at radius 2 is 2.20 bits per heavy atom. The topological polar surface area (TPSA) is 44.0 Å². The number of nitriles is 1. The van der Waals surface area contributed by atoms with Gasteiger partial charge in [0, 0.05) is 0 Å². The third kappa shape index (κ3) is 1.75. The summed E-state index contributed by atoms with van der Waals surface area (Å²) < 4.78 is 12.4. The first-order valence-electron chi connectivity index (χ1n) is 2.44. The van der Waals surface area contributed by atoms with Gasteiger partial charge in [-0.25, -0.2) is 4.39 Å². The zero-order chi connectivity index (χ0) is 8.15. The molecule has 0 rings (SSSR count). The molecule has 0 aromatic carbocycles. The molecular formula is C7H6FNO. The summed E-state index contributed by atoms with van der Waals surface area (Å²) >= 11 is 0. The summed E-state index contributed by atoms with van der Waals surface area (Å²) in [5.74, 6) is -1.45. The Kier molecular flexibility index (Phi) is 2.92. The third-order valence-electron chi connectivity index (χ3n) is 0.818. The van der Waals surface area contributed by atoms with E-state index in [1.165, 1.54) is 6.07 Å². The van der Waals surface area contributed by atoms with Gasteiger partial charge in [0.05, 0.1) is 0 Å². The van der Waals surface area contributed by atoms with Crippen LogP contribution in [0.2, 0.25) is 0 Å². The number of hydrogen-bond acceptors (Lipinski definition) is 2. The van der Waals surface area contributed by atoms with E-state index in [-0.39, 0.29) is 0 Å². The number of allylic oxidation sites excluding steroid dienone is 3. The lowest BCUT2D eigenvalue weighted by Crippen LogP contribution is -1.85. The van der Waals surface area contributed by atoms with Gasteiger partial charge in [0.1, 0.15) is 23.2 Å². The van der Waals surface area contributed by atoms with Gasteiger partial charge in [-0.15, -0.1) is 0 Å². The average Bonchev–Trinajstić information content (AvgIpc) is 1.88. The molecular weight excluding hydrogens is 133 g/mol. The standard InChI is InChI=1S/C7H6FNO/c1-3-7(8)6(4-9)5(2)10/h3,10H,1-2H2/b7-6+. The summed E-state index contributed by atoms with van der Waals surface area (Å²) in [7, 11) is 0. The second kappa shape index (κ2) is 3.46. The smallest absolute Gasteiger partial charge is 0.144 e. The molecule has 0 aliphatic rings. The van der Waals surface area contributed by atoms with Crippen LogP contribution in [0.3, 0.4) is 0 Å². The van der Waals surface area contributed by atoms with E-state index in [1.807, 2.05) is 0 Å². The Labute approximate surface area is 58.2 Å². The molecule has 0 aliphatic carbocycles. The minimum atomic E-state index is -0.866. The molecule has 0 heterocycles. The van der Waals surface area contributed by atoms with Crippen LogP contribution < -0.4 is 0 Å². The molecule has 10 heavy (non-hydrogen) atoms. The van der Waals surface area contributed by atoms with Crippen molar-refractivity contribution in [1.29, 1.82) is 5.26 Å². The van der Waals surface area contributed by atoms with Crippen molar-refractivity contribution in [2.45, 2.75) is 0 Å². The SMILES string of the molecule is C=C/C(F)=C(/C#N)C(=C)O. The van der Waals surface area contributed by atoms with Crippen molar-refractivity contribution < 1.29 is 9.50 Å². The van der Waals surface area contributed by atoms with Gasteiger partial charge in [-0.05, 0) is 6.08 Å². The first-order chi connectivity index (χ1) is 4.63. The molecule has 0 aromatic rings. The van der Waals surface area contributed by atoms with Crippen LogP contribution in [0.1, 0.15) is 0 Å². The molecule has 0 radical (unpaired) electrons. The lowest BCUT2D eigenvalue weighted by atomic mass is 10.2. The van der Waals surface area contributed by atoms with E-state index in [4.69, 9.17) is 10.4 Å². The predicted octanol–water partition coefficient (Wildman–Crippen LogP) is 1.99. The van der Waals surface area contributed by atoms with E-state index in [9.17, 15) is 4.39 Å². The van der Waals surface area contributed by atoms with Crippen molar-refractivity contribution in [2.24, 2.45) is 0 Å². The highest BCUT2D eigenvalue weighted by Crippen LogP contribution is 2.11. The Balaban J connectivity index is 4.86.